The summed E-state index contributed by atoms with van der Waals surface area (Å²) in [5, 5.41) is 23.2. The number of hydrogen-bond acceptors (Lipinski definition) is 3. The van der Waals surface area contributed by atoms with Gasteiger partial charge >= 0.3 is 5.97 Å². The molecule has 0 amide bonds. The summed E-state index contributed by atoms with van der Waals surface area (Å²) in [5.41, 5.74) is 13.8. The van der Waals surface area contributed by atoms with Crippen LogP contribution in [0.15, 0.2) is 48.5 Å². The van der Waals surface area contributed by atoms with Crippen LogP contribution >= 0.6 is 0 Å². The van der Waals surface area contributed by atoms with Gasteiger partial charge in [0, 0.05) is 11.1 Å². The lowest BCUT2D eigenvalue weighted by Gasteiger charge is -2.11. The molecule has 0 saturated carbocycles. The molecule has 0 heterocycles. The molecule has 6 heteroatoms. The Morgan fingerprint density at radius 3 is 2.08 bits per heavy atom. The van der Waals surface area contributed by atoms with Crippen molar-refractivity contribution in [2.24, 2.45) is 11.5 Å². The third-order valence-corrected chi connectivity index (χ3v) is 3.94. The fourth-order valence-corrected chi connectivity index (χ4v) is 2.55. The lowest BCUT2D eigenvalue weighted by atomic mass is 9.93. The maximum absolute atomic E-state index is 10.5. The van der Waals surface area contributed by atoms with Crippen molar-refractivity contribution in [2.45, 2.75) is 32.6 Å². The zero-order valence-electron chi connectivity index (χ0n) is 15.1. The average Bonchev–Trinajstić information content (AvgIpc) is 2.60. The second-order valence-corrected chi connectivity index (χ2v) is 5.99. The minimum Gasteiger partial charge on any atom is -0.481 e. The Balaban J connectivity index is 0.000000260. The minimum atomic E-state index is -0.726. The molecule has 0 radical (unpaired) electrons. The molecule has 0 spiro atoms. The number of carboxylic acids is 1. The van der Waals surface area contributed by atoms with Crippen LogP contribution in [-0.4, -0.2) is 22.7 Å². The van der Waals surface area contributed by atoms with Crippen LogP contribution in [0.25, 0.3) is 0 Å². The number of carboxylic acid groups (broad SMARTS) is 1. The average molecular weight is 354 g/mol. The van der Waals surface area contributed by atoms with Gasteiger partial charge in [-0.15, -0.1) is 0 Å². The molecule has 1 atom stereocenters. The van der Waals surface area contributed by atoms with E-state index in [0.717, 1.165) is 17.5 Å². The zero-order chi connectivity index (χ0) is 19.7. The van der Waals surface area contributed by atoms with E-state index in [1.54, 1.807) is 12.1 Å². The van der Waals surface area contributed by atoms with Gasteiger partial charge < -0.3 is 16.6 Å². The number of rotatable bonds is 6. The van der Waals surface area contributed by atoms with Gasteiger partial charge in [0.05, 0.1) is 6.42 Å². The number of nitrogen functional groups attached to an aromatic ring is 2. The van der Waals surface area contributed by atoms with Crippen LogP contribution in [0.4, 0.5) is 0 Å². The molecule has 138 valence electrons. The summed E-state index contributed by atoms with van der Waals surface area (Å²) in [4.78, 5) is 10.5. The molecule has 2 rings (SSSR count). The van der Waals surface area contributed by atoms with Crippen molar-refractivity contribution < 1.29 is 9.90 Å². The van der Waals surface area contributed by atoms with E-state index in [1.807, 2.05) is 50.2 Å². The lowest BCUT2D eigenvalue weighted by Crippen LogP contribution is -2.20. The van der Waals surface area contributed by atoms with E-state index in [-0.39, 0.29) is 24.0 Å². The van der Waals surface area contributed by atoms with Crippen molar-refractivity contribution in [1.29, 1.82) is 10.8 Å². The molecule has 6 nitrogen and oxygen atoms in total. The van der Waals surface area contributed by atoms with E-state index < -0.39 is 5.97 Å². The zero-order valence-corrected chi connectivity index (χ0v) is 15.1. The molecule has 7 N–H and O–H groups in total. The fourth-order valence-electron chi connectivity index (χ4n) is 2.55. The van der Waals surface area contributed by atoms with Crippen molar-refractivity contribution >= 4 is 17.6 Å². The van der Waals surface area contributed by atoms with Crippen LogP contribution < -0.4 is 11.5 Å². The first-order chi connectivity index (χ1) is 12.3. The van der Waals surface area contributed by atoms with E-state index in [2.05, 4.69) is 0 Å². The molecule has 2 aromatic carbocycles. The highest BCUT2D eigenvalue weighted by Crippen LogP contribution is 2.22. The normalized spacial score (nSPS) is 11.0. The molecule has 0 bridgehead atoms. The van der Waals surface area contributed by atoms with Crippen LogP contribution in [0.5, 0.6) is 0 Å². The number of carbonyl (C=O) groups is 1. The summed E-state index contributed by atoms with van der Waals surface area (Å²) in [7, 11) is 0. The summed E-state index contributed by atoms with van der Waals surface area (Å²) in [6.45, 7) is 3.91. The highest BCUT2D eigenvalue weighted by molar-refractivity contribution is 6.08. The van der Waals surface area contributed by atoms with Crippen LogP contribution in [0, 0.1) is 17.7 Å². The maximum atomic E-state index is 10.5. The fraction of sp³-hybridized carbons (Fsp3) is 0.250. The van der Waals surface area contributed by atoms with E-state index in [0.29, 0.717) is 11.1 Å². The monoisotopic (exact) mass is 354 g/mol. The number of nitrogens with one attached hydrogen (secondary N) is 2. The predicted octanol–water partition coefficient (Wildman–Crippen LogP) is 3.22. The maximum Gasteiger partial charge on any atom is 0.303 e. The second-order valence-electron chi connectivity index (χ2n) is 5.99. The van der Waals surface area contributed by atoms with Crippen molar-refractivity contribution in [3.63, 3.8) is 0 Å². The third kappa shape index (κ3) is 6.39. The number of hydrogen-bond donors (Lipinski definition) is 5. The summed E-state index contributed by atoms with van der Waals surface area (Å²) in [5.74, 6) is -0.700. The van der Waals surface area contributed by atoms with Crippen molar-refractivity contribution in [1.82, 2.24) is 0 Å². The molecule has 0 fully saturated rings. The van der Waals surface area contributed by atoms with Gasteiger partial charge in [0.25, 0.3) is 0 Å². The Hall–Kier alpha value is -3.15. The summed E-state index contributed by atoms with van der Waals surface area (Å²) in [6, 6.07) is 15.1. The number of nitrogens with two attached hydrogens (primary N) is 2. The molecule has 26 heavy (non-hydrogen) atoms. The molecule has 1 unspecified atom stereocenters. The number of aliphatic carboxylic acids is 1. The Morgan fingerprint density at radius 2 is 1.62 bits per heavy atom. The van der Waals surface area contributed by atoms with E-state index >= 15 is 0 Å². The van der Waals surface area contributed by atoms with Crippen LogP contribution in [0.2, 0.25) is 0 Å². The SMILES string of the molecule is CCC(CC(=O)O)c1ccccc1.Cc1ccc(C(=N)N)c(C(=N)N)c1. The highest BCUT2D eigenvalue weighted by atomic mass is 16.4. The predicted molar refractivity (Wildman–Crippen MR) is 105 cm³/mol. The topological polar surface area (TPSA) is 137 Å². The van der Waals surface area contributed by atoms with Crippen molar-refractivity contribution in [3.8, 4) is 0 Å². The van der Waals surface area contributed by atoms with E-state index in [4.69, 9.17) is 27.4 Å². The molecule has 0 saturated heterocycles. The molecule has 0 aromatic heterocycles. The molecule has 2 aromatic rings. The van der Waals surface area contributed by atoms with E-state index in [1.165, 1.54) is 0 Å². The molecular formula is C20H26N4O2. The minimum absolute atomic E-state index is 0.0612. The van der Waals surface area contributed by atoms with Gasteiger partial charge in [-0.25, -0.2) is 0 Å². The van der Waals surface area contributed by atoms with Gasteiger partial charge in [-0.1, -0.05) is 55.0 Å². The molecule has 0 aliphatic heterocycles. The van der Waals surface area contributed by atoms with Crippen molar-refractivity contribution in [3.05, 3.63) is 70.8 Å². The largest absolute Gasteiger partial charge is 0.481 e. The van der Waals surface area contributed by atoms with Gasteiger partial charge in [-0.3, -0.25) is 15.6 Å². The smallest absolute Gasteiger partial charge is 0.303 e. The Labute approximate surface area is 153 Å². The van der Waals surface area contributed by atoms with Gasteiger partial charge in [-0.2, -0.15) is 0 Å². The molecule has 0 aliphatic rings. The first kappa shape index (κ1) is 20.9. The second kappa shape index (κ2) is 9.98. The Kier molecular flexibility index (Phi) is 8.02. The Bertz CT molecular complexity index is 773. The van der Waals surface area contributed by atoms with Crippen LogP contribution in [0.3, 0.4) is 0 Å². The molecular weight excluding hydrogens is 328 g/mol. The van der Waals surface area contributed by atoms with Gasteiger partial charge in [-0.05, 0) is 30.9 Å². The first-order valence-corrected chi connectivity index (χ1v) is 8.32. The number of aryl methyl sites for hydroxylation is 1. The van der Waals surface area contributed by atoms with Gasteiger partial charge in [0.2, 0.25) is 0 Å². The standard InChI is InChI=1S/C11H14O2.C9H12N4/c1-2-9(8-11(12)13)10-6-4-3-5-7-10;1-5-2-3-6(8(10)11)7(4-5)9(12)13/h3-7,9H,2,8H2,1H3,(H,12,13);2-4H,1H3,(H3,10,11)(H3,12,13). The first-order valence-electron chi connectivity index (χ1n) is 8.32. The number of amidine groups is 2. The summed E-state index contributed by atoms with van der Waals surface area (Å²) >= 11 is 0. The summed E-state index contributed by atoms with van der Waals surface area (Å²) in [6.07, 6.45) is 1.09. The highest BCUT2D eigenvalue weighted by Gasteiger charge is 2.12. The van der Waals surface area contributed by atoms with Crippen LogP contribution in [0.1, 0.15) is 47.9 Å². The Morgan fingerprint density at radius 1 is 1.04 bits per heavy atom. The van der Waals surface area contributed by atoms with Crippen molar-refractivity contribution in [2.75, 3.05) is 0 Å². The van der Waals surface area contributed by atoms with Gasteiger partial charge in [0.1, 0.15) is 11.7 Å². The quantitative estimate of drug-likeness (QED) is 0.401. The van der Waals surface area contributed by atoms with Crippen LogP contribution in [-0.2, 0) is 4.79 Å². The third-order valence-electron chi connectivity index (χ3n) is 3.94. The summed E-state index contributed by atoms with van der Waals surface area (Å²) < 4.78 is 0. The van der Waals surface area contributed by atoms with E-state index in [9.17, 15) is 4.79 Å². The lowest BCUT2D eigenvalue weighted by molar-refractivity contribution is -0.137. The number of benzene rings is 2. The molecule has 0 aliphatic carbocycles. The van der Waals surface area contributed by atoms with Gasteiger partial charge in [0.15, 0.2) is 0 Å².